The van der Waals surface area contributed by atoms with Gasteiger partial charge in [0.05, 0.1) is 18.1 Å². The third-order valence-electron chi connectivity index (χ3n) is 3.05. The van der Waals surface area contributed by atoms with Gasteiger partial charge in [0.2, 0.25) is 0 Å². The molecule has 2 aromatic rings. The molecule has 90 valence electrons. The molecular weight excluding hydrogens is 210 g/mol. The molecule has 3 heteroatoms. The predicted octanol–water partition coefficient (Wildman–Crippen LogP) is 2.35. The summed E-state index contributed by atoms with van der Waals surface area (Å²) in [6, 6.07) is 6.70. The van der Waals surface area contributed by atoms with Crippen molar-refractivity contribution < 1.29 is 0 Å². The zero-order valence-corrected chi connectivity index (χ0v) is 10.9. The van der Waals surface area contributed by atoms with Gasteiger partial charge in [0.1, 0.15) is 0 Å². The highest BCUT2D eigenvalue weighted by molar-refractivity contribution is 5.36. The first-order valence-corrected chi connectivity index (χ1v) is 5.84. The van der Waals surface area contributed by atoms with E-state index in [-0.39, 0.29) is 6.04 Å². The molecule has 0 saturated carbocycles. The van der Waals surface area contributed by atoms with Crippen LogP contribution in [0.4, 0.5) is 0 Å². The van der Waals surface area contributed by atoms with E-state index < -0.39 is 0 Å². The number of rotatable bonds is 3. The molecule has 0 fully saturated rings. The van der Waals surface area contributed by atoms with Crippen LogP contribution in [0.1, 0.15) is 28.4 Å². The highest BCUT2D eigenvalue weighted by Crippen LogP contribution is 2.23. The summed E-state index contributed by atoms with van der Waals surface area (Å²) in [5.41, 5.74) is 4.94. The predicted molar refractivity (Wildman–Crippen MR) is 70.0 cm³/mol. The number of aryl methyl sites for hydroxylation is 3. The Kier molecular flexibility index (Phi) is 3.29. The SMILES string of the molecule is CNC(c1cn(C)cn1)c1ccc(C)cc1C. The Morgan fingerprint density at radius 3 is 2.59 bits per heavy atom. The van der Waals surface area contributed by atoms with Crippen molar-refractivity contribution in [1.82, 2.24) is 14.9 Å². The molecule has 1 aromatic heterocycles. The van der Waals surface area contributed by atoms with Crippen molar-refractivity contribution in [2.75, 3.05) is 7.05 Å². The number of imidazole rings is 1. The van der Waals surface area contributed by atoms with Gasteiger partial charge < -0.3 is 9.88 Å². The first kappa shape index (κ1) is 11.9. The average molecular weight is 229 g/mol. The van der Waals surface area contributed by atoms with Gasteiger partial charge in [-0.25, -0.2) is 4.98 Å². The lowest BCUT2D eigenvalue weighted by Gasteiger charge is -2.17. The number of benzene rings is 1. The second-order valence-electron chi connectivity index (χ2n) is 4.55. The summed E-state index contributed by atoms with van der Waals surface area (Å²) in [5, 5.41) is 3.33. The first-order valence-electron chi connectivity index (χ1n) is 5.84. The molecular formula is C14H19N3. The highest BCUT2D eigenvalue weighted by Gasteiger charge is 2.16. The lowest BCUT2D eigenvalue weighted by atomic mass is 9.97. The maximum atomic E-state index is 4.43. The Morgan fingerprint density at radius 1 is 1.29 bits per heavy atom. The van der Waals surface area contributed by atoms with E-state index >= 15 is 0 Å². The maximum Gasteiger partial charge on any atom is 0.0947 e. The molecule has 1 heterocycles. The second kappa shape index (κ2) is 4.72. The number of nitrogens with zero attached hydrogens (tertiary/aromatic N) is 2. The van der Waals surface area contributed by atoms with E-state index in [0.717, 1.165) is 5.69 Å². The van der Waals surface area contributed by atoms with E-state index in [2.05, 4.69) is 48.5 Å². The van der Waals surface area contributed by atoms with Crippen molar-refractivity contribution in [3.8, 4) is 0 Å². The molecule has 2 rings (SSSR count). The van der Waals surface area contributed by atoms with E-state index in [0.29, 0.717) is 0 Å². The summed E-state index contributed by atoms with van der Waals surface area (Å²) < 4.78 is 1.98. The largest absolute Gasteiger partial charge is 0.340 e. The normalized spacial score (nSPS) is 12.7. The van der Waals surface area contributed by atoms with Crippen LogP contribution >= 0.6 is 0 Å². The Bertz CT molecular complexity index is 514. The zero-order valence-electron chi connectivity index (χ0n) is 10.9. The summed E-state index contributed by atoms with van der Waals surface area (Å²) in [7, 11) is 3.96. The monoisotopic (exact) mass is 229 g/mol. The van der Waals surface area contributed by atoms with Crippen LogP contribution in [-0.2, 0) is 7.05 Å². The molecule has 1 aromatic carbocycles. The molecule has 3 nitrogen and oxygen atoms in total. The van der Waals surface area contributed by atoms with Crippen molar-refractivity contribution >= 4 is 0 Å². The summed E-state index contributed by atoms with van der Waals surface area (Å²) in [6.07, 6.45) is 3.89. The van der Waals surface area contributed by atoms with Gasteiger partial charge >= 0.3 is 0 Å². The Balaban J connectivity index is 2.42. The number of nitrogens with one attached hydrogen (secondary N) is 1. The van der Waals surface area contributed by atoms with E-state index in [1.165, 1.54) is 16.7 Å². The van der Waals surface area contributed by atoms with E-state index in [9.17, 15) is 0 Å². The van der Waals surface area contributed by atoms with Crippen molar-refractivity contribution in [2.24, 2.45) is 7.05 Å². The fourth-order valence-electron chi connectivity index (χ4n) is 2.19. The smallest absolute Gasteiger partial charge is 0.0947 e. The minimum Gasteiger partial charge on any atom is -0.340 e. The average Bonchev–Trinajstić information content (AvgIpc) is 2.69. The molecule has 0 amide bonds. The molecule has 0 aliphatic carbocycles. The molecule has 0 aliphatic rings. The van der Waals surface area contributed by atoms with Crippen LogP contribution in [0.5, 0.6) is 0 Å². The lowest BCUT2D eigenvalue weighted by Crippen LogP contribution is -2.19. The molecule has 0 spiro atoms. The summed E-state index contributed by atoms with van der Waals surface area (Å²) in [5.74, 6) is 0. The van der Waals surface area contributed by atoms with Crippen LogP contribution < -0.4 is 5.32 Å². The molecule has 0 bridgehead atoms. The maximum absolute atomic E-state index is 4.43. The molecule has 1 atom stereocenters. The topological polar surface area (TPSA) is 29.9 Å². The fraction of sp³-hybridized carbons (Fsp3) is 0.357. The molecule has 0 aliphatic heterocycles. The Labute approximate surface area is 103 Å². The van der Waals surface area contributed by atoms with Crippen molar-refractivity contribution in [1.29, 1.82) is 0 Å². The summed E-state index contributed by atoms with van der Waals surface area (Å²) >= 11 is 0. The van der Waals surface area contributed by atoms with Gasteiger partial charge in [-0.05, 0) is 32.0 Å². The van der Waals surface area contributed by atoms with Crippen molar-refractivity contribution in [3.63, 3.8) is 0 Å². The highest BCUT2D eigenvalue weighted by atomic mass is 15.0. The van der Waals surface area contributed by atoms with Crippen LogP contribution in [0, 0.1) is 13.8 Å². The second-order valence-corrected chi connectivity index (χ2v) is 4.55. The standard InChI is InChI=1S/C14H19N3/c1-10-5-6-12(11(2)7-10)14(15-3)13-8-17(4)9-16-13/h5-9,14-15H,1-4H3. The lowest BCUT2D eigenvalue weighted by molar-refractivity contribution is 0.670. The van der Waals surface area contributed by atoms with Gasteiger partial charge in [0.25, 0.3) is 0 Å². The van der Waals surface area contributed by atoms with E-state index in [1.807, 2.05) is 25.0 Å². The fourth-order valence-corrected chi connectivity index (χ4v) is 2.19. The van der Waals surface area contributed by atoms with Crippen LogP contribution in [0.25, 0.3) is 0 Å². The van der Waals surface area contributed by atoms with Crippen LogP contribution in [-0.4, -0.2) is 16.6 Å². The first-order chi connectivity index (χ1) is 8.11. The molecule has 1 unspecified atom stereocenters. The number of hydrogen-bond acceptors (Lipinski definition) is 2. The minimum atomic E-state index is 0.164. The van der Waals surface area contributed by atoms with Crippen molar-refractivity contribution in [3.05, 3.63) is 53.1 Å². The quantitative estimate of drug-likeness (QED) is 0.875. The number of aromatic nitrogens is 2. The summed E-state index contributed by atoms with van der Waals surface area (Å²) in [4.78, 5) is 4.43. The third-order valence-corrected chi connectivity index (χ3v) is 3.05. The van der Waals surface area contributed by atoms with Crippen LogP contribution in [0.15, 0.2) is 30.7 Å². The molecule has 0 radical (unpaired) electrons. The van der Waals surface area contributed by atoms with Gasteiger partial charge in [-0.3, -0.25) is 0 Å². The minimum absolute atomic E-state index is 0.164. The summed E-state index contributed by atoms with van der Waals surface area (Å²) in [6.45, 7) is 4.27. The van der Waals surface area contributed by atoms with Crippen molar-refractivity contribution in [2.45, 2.75) is 19.9 Å². The Hall–Kier alpha value is -1.61. The number of hydrogen-bond donors (Lipinski definition) is 1. The van der Waals surface area contributed by atoms with Crippen LogP contribution in [0.2, 0.25) is 0 Å². The molecule has 1 N–H and O–H groups in total. The molecule has 17 heavy (non-hydrogen) atoms. The third kappa shape index (κ3) is 2.39. The van der Waals surface area contributed by atoms with Gasteiger partial charge in [0, 0.05) is 13.2 Å². The van der Waals surface area contributed by atoms with E-state index in [4.69, 9.17) is 0 Å². The van der Waals surface area contributed by atoms with Crippen LogP contribution in [0.3, 0.4) is 0 Å². The van der Waals surface area contributed by atoms with Gasteiger partial charge in [-0.15, -0.1) is 0 Å². The van der Waals surface area contributed by atoms with E-state index in [1.54, 1.807) is 0 Å². The zero-order chi connectivity index (χ0) is 12.4. The molecule has 0 saturated heterocycles. The van der Waals surface area contributed by atoms with Gasteiger partial charge in [-0.1, -0.05) is 23.8 Å². The van der Waals surface area contributed by atoms with Gasteiger partial charge in [-0.2, -0.15) is 0 Å². The van der Waals surface area contributed by atoms with Gasteiger partial charge in [0.15, 0.2) is 0 Å². The Morgan fingerprint density at radius 2 is 2.06 bits per heavy atom.